The van der Waals surface area contributed by atoms with Crippen LogP contribution in [0.3, 0.4) is 0 Å². The molecule has 0 N–H and O–H groups in total. The van der Waals surface area contributed by atoms with Gasteiger partial charge in [-0.05, 0) is 103 Å². The average molecular weight is 583 g/mol. The molecule has 2 aromatic carbocycles. The van der Waals surface area contributed by atoms with Gasteiger partial charge in [-0.15, -0.1) is 0 Å². The summed E-state index contributed by atoms with van der Waals surface area (Å²) in [6.45, 7) is 10.4. The fourth-order valence-corrected chi connectivity index (χ4v) is 4.89. The fraction of sp³-hybridized carbons (Fsp3) is 0.647. The standard InChI is InChI=1S/C34H62N8/c1-35(2)17-19-39(9)21-23-41(11)27-29-25-31(37(5)6)13-15-33(29)34-16-14-32(38(7)8)26-30(34)28-42(12)24-22-40(10)20-18-36(3)4/h13-16,25-26H,17-24,27-28H2,1-12H3. The monoisotopic (exact) mass is 583 g/mol. The maximum Gasteiger partial charge on any atom is 0.0364 e. The van der Waals surface area contributed by atoms with E-state index in [0.29, 0.717) is 0 Å². The molecule has 0 amide bonds. The summed E-state index contributed by atoms with van der Waals surface area (Å²) in [6.07, 6.45) is 0. The Balaban J connectivity index is 2.30. The molecule has 0 aliphatic carbocycles. The topological polar surface area (TPSA) is 25.9 Å². The molecule has 0 aromatic heterocycles. The molecule has 0 saturated heterocycles. The summed E-state index contributed by atoms with van der Waals surface area (Å²) in [5, 5.41) is 0. The first-order chi connectivity index (χ1) is 19.8. The molecule has 0 unspecified atom stereocenters. The number of hydrogen-bond acceptors (Lipinski definition) is 8. The minimum absolute atomic E-state index is 0.917. The maximum atomic E-state index is 2.47. The number of hydrogen-bond donors (Lipinski definition) is 0. The van der Waals surface area contributed by atoms with Crippen molar-refractivity contribution in [3.05, 3.63) is 47.5 Å². The SMILES string of the molecule is CN(C)CCN(C)CCN(C)Cc1cc(N(C)C)ccc1-c1ccc(N(C)C)cc1CN(C)CCN(C)CCN(C)C. The van der Waals surface area contributed by atoms with Crippen molar-refractivity contribution in [1.82, 2.24) is 29.4 Å². The van der Waals surface area contributed by atoms with Crippen LogP contribution in [0.2, 0.25) is 0 Å². The highest BCUT2D eigenvalue weighted by molar-refractivity contribution is 5.75. The van der Waals surface area contributed by atoms with E-state index in [2.05, 4.69) is 160 Å². The van der Waals surface area contributed by atoms with Crippen molar-refractivity contribution in [2.24, 2.45) is 0 Å². The minimum atomic E-state index is 0.917. The van der Waals surface area contributed by atoms with Crippen LogP contribution in [0.4, 0.5) is 11.4 Å². The van der Waals surface area contributed by atoms with Crippen LogP contribution < -0.4 is 9.80 Å². The Bertz CT molecular complexity index is 968. The van der Waals surface area contributed by atoms with Crippen LogP contribution in [0.25, 0.3) is 11.1 Å². The Kier molecular flexibility index (Phi) is 15.3. The van der Waals surface area contributed by atoms with Crippen molar-refractivity contribution >= 4 is 11.4 Å². The number of nitrogens with zero attached hydrogens (tertiary/aromatic N) is 8. The van der Waals surface area contributed by atoms with Gasteiger partial charge < -0.3 is 39.2 Å². The van der Waals surface area contributed by atoms with E-state index in [-0.39, 0.29) is 0 Å². The molecule has 42 heavy (non-hydrogen) atoms. The predicted molar refractivity (Wildman–Crippen MR) is 185 cm³/mol. The molecule has 0 fully saturated rings. The van der Waals surface area contributed by atoms with Gasteiger partial charge in [-0.3, -0.25) is 0 Å². The van der Waals surface area contributed by atoms with Crippen LogP contribution in [-0.2, 0) is 13.1 Å². The minimum Gasteiger partial charge on any atom is -0.378 e. The van der Waals surface area contributed by atoms with E-state index in [4.69, 9.17) is 0 Å². The second-order valence-electron chi connectivity index (χ2n) is 13.2. The van der Waals surface area contributed by atoms with Crippen molar-refractivity contribution in [2.75, 3.05) is 147 Å². The van der Waals surface area contributed by atoms with Gasteiger partial charge in [0, 0.05) is 105 Å². The fourth-order valence-electron chi connectivity index (χ4n) is 4.89. The van der Waals surface area contributed by atoms with Crippen molar-refractivity contribution in [2.45, 2.75) is 13.1 Å². The van der Waals surface area contributed by atoms with Gasteiger partial charge in [0.2, 0.25) is 0 Å². The van der Waals surface area contributed by atoms with Gasteiger partial charge in [-0.25, -0.2) is 0 Å². The third-order valence-corrected chi connectivity index (χ3v) is 7.97. The molecule has 238 valence electrons. The van der Waals surface area contributed by atoms with E-state index in [1.54, 1.807) is 0 Å². The normalized spacial score (nSPS) is 12.1. The molecule has 0 spiro atoms. The second-order valence-corrected chi connectivity index (χ2v) is 13.2. The van der Waals surface area contributed by atoms with Crippen LogP contribution in [0, 0.1) is 0 Å². The lowest BCUT2D eigenvalue weighted by atomic mass is 9.93. The molecule has 0 heterocycles. The largest absolute Gasteiger partial charge is 0.378 e. The summed E-state index contributed by atoms with van der Waals surface area (Å²) in [5.74, 6) is 0. The van der Waals surface area contributed by atoms with Gasteiger partial charge in [0.25, 0.3) is 0 Å². The Morgan fingerprint density at radius 1 is 0.381 bits per heavy atom. The molecule has 0 aliphatic rings. The molecule has 8 heteroatoms. The van der Waals surface area contributed by atoms with Crippen molar-refractivity contribution in [3.63, 3.8) is 0 Å². The van der Waals surface area contributed by atoms with E-state index >= 15 is 0 Å². The van der Waals surface area contributed by atoms with Gasteiger partial charge in [-0.2, -0.15) is 0 Å². The quantitative estimate of drug-likeness (QED) is 0.249. The first kappa shape index (κ1) is 36.0. The van der Waals surface area contributed by atoms with Gasteiger partial charge in [0.15, 0.2) is 0 Å². The molecule has 0 atom stereocenters. The summed E-state index contributed by atoms with van der Waals surface area (Å²) in [4.78, 5) is 18.7. The maximum absolute atomic E-state index is 2.47. The van der Waals surface area contributed by atoms with Gasteiger partial charge in [-0.1, -0.05) is 12.1 Å². The molecule has 0 aliphatic heterocycles. The molecule has 2 rings (SSSR count). The van der Waals surface area contributed by atoms with E-state index in [9.17, 15) is 0 Å². The van der Waals surface area contributed by atoms with Crippen LogP contribution in [0.1, 0.15) is 11.1 Å². The predicted octanol–water partition coefficient (Wildman–Crippen LogP) is 3.34. The number of likely N-dealkylation sites (N-methyl/N-ethyl adjacent to an activating group) is 6. The van der Waals surface area contributed by atoms with Crippen LogP contribution >= 0.6 is 0 Å². The first-order valence-electron chi connectivity index (χ1n) is 15.4. The van der Waals surface area contributed by atoms with Crippen LogP contribution in [-0.4, -0.2) is 166 Å². The highest BCUT2D eigenvalue weighted by Gasteiger charge is 2.16. The lowest BCUT2D eigenvalue weighted by Gasteiger charge is -2.27. The Morgan fingerprint density at radius 3 is 1.00 bits per heavy atom. The molecule has 0 saturated carbocycles. The number of benzene rings is 2. The van der Waals surface area contributed by atoms with E-state index < -0.39 is 0 Å². The Labute approximate surface area is 259 Å². The smallest absolute Gasteiger partial charge is 0.0364 e. The van der Waals surface area contributed by atoms with Gasteiger partial charge in [0.05, 0.1) is 0 Å². The summed E-state index contributed by atoms with van der Waals surface area (Å²) in [7, 11) is 26.0. The van der Waals surface area contributed by atoms with Crippen molar-refractivity contribution in [1.29, 1.82) is 0 Å². The number of anilines is 2. The molecule has 2 aromatic rings. The molecule has 0 bridgehead atoms. The van der Waals surface area contributed by atoms with Crippen molar-refractivity contribution < 1.29 is 0 Å². The van der Waals surface area contributed by atoms with Gasteiger partial charge >= 0.3 is 0 Å². The lowest BCUT2D eigenvalue weighted by molar-refractivity contribution is 0.234. The molecular formula is C34H62N8. The van der Waals surface area contributed by atoms with Crippen LogP contribution in [0.15, 0.2) is 36.4 Å². The molecule has 8 nitrogen and oxygen atoms in total. The molecule has 0 radical (unpaired) electrons. The zero-order chi connectivity index (χ0) is 31.4. The van der Waals surface area contributed by atoms with E-state index in [1.165, 1.54) is 33.6 Å². The summed E-state index contributed by atoms with van der Waals surface area (Å²) >= 11 is 0. The third kappa shape index (κ3) is 12.6. The first-order valence-corrected chi connectivity index (χ1v) is 15.4. The number of rotatable bonds is 19. The highest BCUT2D eigenvalue weighted by Crippen LogP contribution is 2.33. The highest BCUT2D eigenvalue weighted by atomic mass is 15.2. The average Bonchev–Trinajstić information content (AvgIpc) is 2.92. The zero-order valence-electron chi connectivity index (χ0n) is 29.1. The Hall–Kier alpha value is -2.20. The van der Waals surface area contributed by atoms with E-state index in [1.807, 2.05) is 0 Å². The van der Waals surface area contributed by atoms with Gasteiger partial charge in [0.1, 0.15) is 0 Å². The Morgan fingerprint density at radius 2 is 0.690 bits per heavy atom. The zero-order valence-corrected chi connectivity index (χ0v) is 29.1. The van der Waals surface area contributed by atoms with Crippen molar-refractivity contribution in [3.8, 4) is 11.1 Å². The summed E-state index contributed by atoms with van der Waals surface area (Å²) in [5.41, 5.74) is 7.92. The van der Waals surface area contributed by atoms with E-state index in [0.717, 1.165) is 65.4 Å². The second kappa shape index (κ2) is 17.8. The summed E-state index contributed by atoms with van der Waals surface area (Å²) < 4.78 is 0. The summed E-state index contributed by atoms with van der Waals surface area (Å²) in [6, 6.07) is 14.0. The molecular weight excluding hydrogens is 520 g/mol. The van der Waals surface area contributed by atoms with Crippen LogP contribution in [0.5, 0.6) is 0 Å². The lowest BCUT2D eigenvalue weighted by Crippen LogP contribution is -2.34. The third-order valence-electron chi connectivity index (χ3n) is 7.97.